The Kier molecular flexibility index (Phi) is 1.58. The van der Waals surface area contributed by atoms with Crippen LogP contribution in [-0.4, -0.2) is 5.97 Å². The van der Waals surface area contributed by atoms with Gasteiger partial charge in [0.1, 0.15) is 6.10 Å². The second-order valence-corrected chi connectivity index (χ2v) is 3.22. The Morgan fingerprint density at radius 1 is 1.50 bits per heavy atom. The van der Waals surface area contributed by atoms with Crippen LogP contribution in [0.2, 0.25) is 5.02 Å². The summed E-state index contributed by atoms with van der Waals surface area (Å²) in [5.41, 5.74) is 1.51. The molecular formula is C9H7ClO2. The molecule has 3 heteroatoms. The van der Waals surface area contributed by atoms with Crippen molar-refractivity contribution in [1.82, 2.24) is 0 Å². The third kappa shape index (κ3) is 0.994. The van der Waals surface area contributed by atoms with E-state index >= 15 is 0 Å². The van der Waals surface area contributed by atoms with E-state index in [9.17, 15) is 4.79 Å². The molecule has 1 aliphatic heterocycles. The van der Waals surface area contributed by atoms with E-state index in [-0.39, 0.29) is 12.1 Å². The Balaban J connectivity index is 2.60. The van der Waals surface area contributed by atoms with Gasteiger partial charge in [0.2, 0.25) is 0 Å². The van der Waals surface area contributed by atoms with Crippen LogP contribution in [0.15, 0.2) is 18.2 Å². The van der Waals surface area contributed by atoms with E-state index in [1.807, 2.05) is 6.92 Å². The summed E-state index contributed by atoms with van der Waals surface area (Å²) in [6.45, 7) is 1.83. The lowest BCUT2D eigenvalue weighted by Crippen LogP contribution is -1.93. The minimum Gasteiger partial charge on any atom is -0.454 e. The molecule has 0 saturated carbocycles. The first kappa shape index (κ1) is 7.62. The van der Waals surface area contributed by atoms with Crippen molar-refractivity contribution in [2.75, 3.05) is 0 Å². The smallest absolute Gasteiger partial charge is 0.339 e. The summed E-state index contributed by atoms with van der Waals surface area (Å²) < 4.78 is 4.99. The second-order valence-electron chi connectivity index (χ2n) is 2.78. The van der Waals surface area contributed by atoms with Crippen molar-refractivity contribution in [1.29, 1.82) is 0 Å². The number of hydrogen-bond acceptors (Lipinski definition) is 2. The molecule has 1 atom stereocenters. The van der Waals surface area contributed by atoms with Crippen LogP contribution in [0.1, 0.15) is 28.9 Å². The maximum absolute atomic E-state index is 11.1. The first-order valence-corrected chi connectivity index (χ1v) is 4.06. The highest BCUT2D eigenvalue weighted by Gasteiger charge is 2.27. The van der Waals surface area contributed by atoms with Gasteiger partial charge in [-0.05, 0) is 25.1 Å². The van der Waals surface area contributed by atoms with E-state index in [1.54, 1.807) is 18.2 Å². The highest BCUT2D eigenvalue weighted by Crippen LogP contribution is 2.31. The first-order valence-electron chi connectivity index (χ1n) is 3.69. The zero-order valence-corrected chi connectivity index (χ0v) is 7.26. The fourth-order valence-electron chi connectivity index (χ4n) is 1.34. The van der Waals surface area contributed by atoms with Crippen LogP contribution in [0.25, 0.3) is 0 Å². The summed E-state index contributed by atoms with van der Waals surface area (Å²) in [6.07, 6.45) is -0.161. The van der Waals surface area contributed by atoms with Gasteiger partial charge in [0.25, 0.3) is 0 Å². The number of carbonyl (C=O) groups is 1. The molecule has 0 bridgehead atoms. The second kappa shape index (κ2) is 2.49. The lowest BCUT2D eigenvalue weighted by atomic mass is 10.1. The summed E-state index contributed by atoms with van der Waals surface area (Å²) in [5.74, 6) is -0.255. The van der Waals surface area contributed by atoms with Crippen LogP contribution in [0.3, 0.4) is 0 Å². The summed E-state index contributed by atoms with van der Waals surface area (Å²) in [7, 11) is 0. The monoisotopic (exact) mass is 182 g/mol. The number of rotatable bonds is 0. The fraction of sp³-hybridized carbons (Fsp3) is 0.222. The van der Waals surface area contributed by atoms with Crippen LogP contribution in [0.4, 0.5) is 0 Å². The number of hydrogen-bond donors (Lipinski definition) is 0. The number of halogens is 1. The Labute approximate surface area is 75.1 Å². The normalized spacial score (nSPS) is 20.5. The van der Waals surface area contributed by atoms with Gasteiger partial charge in [-0.3, -0.25) is 0 Å². The largest absolute Gasteiger partial charge is 0.454 e. The third-order valence-corrected chi connectivity index (χ3v) is 2.19. The number of carbonyl (C=O) groups excluding carboxylic acids is 1. The van der Waals surface area contributed by atoms with Gasteiger partial charge >= 0.3 is 5.97 Å². The summed E-state index contributed by atoms with van der Waals surface area (Å²) >= 11 is 5.77. The van der Waals surface area contributed by atoms with Gasteiger partial charge in [-0.1, -0.05) is 11.6 Å². The summed E-state index contributed by atoms with van der Waals surface area (Å²) in [6, 6.07) is 5.16. The van der Waals surface area contributed by atoms with Crippen LogP contribution >= 0.6 is 11.6 Å². The van der Waals surface area contributed by atoms with Crippen molar-refractivity contribution in [3.8, 4) is 0 Å². The molecular weight excluding hydrogens is 176 g/mol. The zero-order chi connectivity index (χ0) is 8.72. The molecule has 1 aliphatic rings. The molecule has 1 unspecified atom stereocenters. The lowest BCUT2D eigenvalue weighted by Gasteiger charge is -2.01. The topological polar surface area (TPSA) is 26.3 Å². The van der Waals surface area contributed by atoms with Crippen LogP contribution in [-0.2, 0) is 4.74 Å². The zero-order valence-electron chi connectivity index (χ0n) is 6.50. The van der Waals surface area contributed by atoms with Crippen LogP contribution < -0.4 is 0 Å². The standard InChI is InChI=1S/C9H7ClO2/c1-5-8-4-6(10)2-3-7(8)9(11)12-5/h2-5H,1H3. The number of ether oxygens (including phenoxy) is 1. The molecule has 2 rings (SSSR count). The minimum atomic E-state index is -0.255. The van der Waals surface area contributed by atoms with Crippen LogP contribution in [0.5, 0.6) is 0 Å². The molecule has 0 N–H and O–H groups in total. The third-order valence-electron chi connectivity index (χ3n) is 1.96. The van der Waals surface area contributed by atoms with Crippen molar-refractivity contribution in [2.45, 2.75) is 13.0 Å². The molecule has 0 spiro atoms. The van der Waals surface area contributed by atoms with Crippen LogP contribution in [0, 0.1) is 0 Å². The van der Waals surface area contributed by atoms with Crippen molar-refractivity contribution in [3.05, 3.63) is 34.3 Å². The Bertz CT molecular complexity index is 346. The van der Waals surface area contributed by atoms with Gasteiger partial charge in [-0.25, -0.2) is 4.79 Å². The molecule has 0 fully saturated rings. The predicted molar refractivity (Wildman–Crippen MR) is 45.3 cm³/mol. The fourth-order valence-corrected chi connectivity index (χ4v) is 1.52. The van der Waals surface area contributed by atoms with E-state index < -0.39 is 0 Å². The predicted octanol–water partition coefficient (Wildman–Crippen LogP) is 2.57. The lowest BCUT2D eigenvalue weighted by molar-refractivity contribution is 0.0422. The van der Waals surface area contributed by atoms with E-state index in [2.05, 4.69) is 0 Å². The maximum Gasteiger partial charge on any atom is 0.339 e. The van der Waals surface area contributed by atoms with Gasteiger partial charge < -0.3 is 4.74 Å². The molecule has 1 heterocycles. The van der Waals surface area contributed by atoms with E-state index in [1.165, 1.54) is 0 Å². The van der Waals surface area contributed by atoms with E-state index in [0.717, 1.165) is 5.56 Å². The highest BCUT2D eigenvalue weighted by atomic mass is 35.5. The van der Waals surface area contributed by atoms with E-state index in [4.69, 9.17) is 16.3 Å². The summed E-state index contributed by atoms with van der Waals surface area (Å²) in [4.78, 5) is 11.1. The minimum absolute atomic E-state index is 0.161. The number of esters is 1. The van der Waals surface area contributed by atoms with Crippen molar-refractivity contribution in [2.24, 2.45) is 0 Å². The number of cyclic esters (lactones) is 1. The molecule has 62 valence electrons. The molecule has 0 saturated heterocycles. The molecule has 0 aromatic heterocycles. The Morgan fingerprint density at radius 3 is 3.00 bits per heavy atom. The summed E-state index contributed by atoms with van der Waals surface area (Å²) in [5, 5.41) is 0.638. The average Bonchev–Trinajstić information content (AvgIpc) is 2.28. The van der Waals surface area contributed by atoms with Crippen molar-refractivity contribution < 1.29 is 9.53 Å². The van der Waals surface area contributed by atoms with Gasteiger partial charge in [-0.15, -0.1) is 0 Å². The quantitative estimate of drug-likeness (QED) is 0.577. The Hall–Kier alpha value is -1.02. The molecule has 0 aliphatic carbocycles. The molecule has 1 aromatic rings. The maximum atomic E-state index is 11.1. The molecule has 1 aromatic carbocycles. The Morgan fingerprint density at radius 2 is 2.25 bits per heavy atom. The number of fused-ring (bicyclic) bond motifs is 1. The molecule has 2 nitrogen and oxygen atoms in total. The van der Waals surface area contributed by atoms with Crippen molar-refractivity contribution in [3.63, 3.8) is 0 Å². The average molecular weight is 183 g/mol. The van der Waals surface area contributed by atoms with Gasteiger partial charge in [-0.2, -0.15) is 0 Å². The number of benzene rings is 1. The van der Waals surface area contributed by atoms with E-state index in [0.29, 0.717) is 10.6 Å². The molecule has 0 amide bonds. The molecule has 0 radical (unpaired) electrons. The van der Waals surface area contributed by atoms with Gasteiger partial charge in [0.15, 0.2) is 0 Å². The first-order chi connectivity index (χ1) is 5.68. The highest BCUT2D eigenvalue weighted by molar-refractivity contribution is 6.30. The van der Waals surface area contributed by atoms with Gasteiger partial charge in [0, 0.05) is 10.6 Å². The van der Waals surface area contributed by atoms with Crippen molar-refractivity contribution >= 4 is 17.6 Å². The molecule has 12 heavy (non-hydrogen) atoms. The SMILES string of the molecule is CC1OC(=O)c2ccc(Cl)cc21. The van der Waals surface area contributed by atoms with Gasteiger partial charge in [0.05, 0.1) is 5.56 Å².